The number of hydrogen-bond acceptors (Lipinski definition) is 19. The smallest absolute Gasteiger partial charge is 0.414 e. The van der Waals surface area contributed by atoms with Gasteiger partial charge in [-0.1, -0.05) is 121 Å². The van der Waals surface area contributed by atoms with Crippen LogP contribution in [-0.4, -0.2) is 103 Å². The molecule has 0 aromatic heterocycles. The highest BCUT2D eigenvalue weighted by molar-refractivity contribution is 6.37. The lowest BCUT2D eigenvalue weighted by Gasteiger charge is -2.20. The maximum atomic E-state index is 13.3. The predicted octanol–water partition coefficient (Wildman–Crippen LogP) is 12.3. The van der Waals surface area contributed by atoms with E-state index >= 15 is 0 Å². The molecule has 99 heavy (non-hydrogen) atoms. The summed E-state index contributed by atoms with van der Waals surface area (Å²) in [6, 6.07) is 25.5. The lowest BCUT2D eigenvalue weighted by atomic mass is 10.1. The van der Waals surface area contributed by atoms with Gasteiger partial charge in [0.15, 0.2) is 11.9 Å². The third kappa shape index (κ3) is 32.4. The molecule has 35 heteroatoms. The molecule has 532 valence electrons. The summed E-state index contributed by atoms with van der Waals surface area (Å²) in [6.07, 6.45) is -2.20. The molecular weight excluding hydrogens is 1420 g/mol. The van der Waals surface area contributed by atoms with Crippen LogP contribution < -0.4 is 49.9 Å². The number of aliphatic carboxylic acids is 1. The Morgan fingerprint density at radius 1 is 0.434 bits per heavy atom. The second-order valence-corrected chi connectivity index (χ2v) is 24.4. The number of amides is 4. The van der Waals surface area contributed by atoms with Crippen molar-refractivity contribution in [2.75, 3.05) is 38.5 Å². The highest BCUT2D eigenvalue weighted by Crippen LogP contribution is 2.31. The van der Waals surface area contributed by atoms with E-state index in [2.05, 4.69) is 56.5 Å². The number of nitrogens with one attached hydrogen (secondary N) is 4. The topological polar surface area (TPSA) is 404 Å². The zero-order chi connectivity index (χ0) is 74.3. The van der Waals surface area contributed by atoms with Gasteiger partial charge in [-0.3, -0.25) is 35.7 Å². The van der Waals surface area contributed by atoms with Crippen molar-refractivity contribution < 1.29 is 66.2 Å². The summed E-state index contributed by atoms with van der Waals surface area (Å²) in [5.41, 5.74) is 32.0. The lowest BCUT2D eigenvalue weighted by Crippen LogP contribution is -2.46. The minimum Gasteiger partial charge on any atom is -0.481 e. The molecule has 0 bridgehead atoms. The van der Waals surface area contributed by atoms with Gasteiger partial charge in [-0.15, -0.1) is 0 Å². The molecule has 0 unspecified atom stereocenters. The zero-order valence-electron chi connectivity index (χ0n) is 54.6. The van der Waals surface area contributed by atoms with Crippen molar-refractivity contribution >= 4 is 152 Å². The molecule has 0 spiro atoms. The Balaban J connectivity index is 0.000000358. The highest BCUT2D eigenvalue weighted by atomic mass is 35.5. The van der Waals surface area contributed by atoms with E-state index in [0.29, 0.717) is 76.2 Å². The minimum absolute atomic E-state index is 0.0566. The summed E-state index contributed by atoms with van der Waals surface area (Å²) in [5.74, 6) is -3.72. The largest absolute Gasteiger partial charge is 0.481 e. The van der Waals surface area contributed by atoms with Crippen LogP contribution in [0.25, 0.3) is 0 Å². The van der Waals surface area contributed by atoms with Crippen molar-refractivity contribution in [3.05, 3.63) is 190 Å². The van der Waals surface area contributed by atoms with Crippen molar-refractivity contribution in [1.29, 1.82) is 0 Å². The summed E-state index contributed by atoms with van der Waals surface area (Å²) < 4.78 is 49.2. The number of carbonyl (C=O) groups is 5. The standard InChI is InChI=1S/C23H26Cl2FN5O4.C18H18Cl2FN5O2.C13H18Cl2N4O2.C10H10FNO3/c1-23(2,3)35-22(33)30-21(28-12-16-17(24)9-15(27)10-18(16)25)29-20(32)11-19(31-34-4)13-5-7-14(26)8-6-13;1-28-26-16(10-2-4-11(21)5-3-10)8-17(27)25-18(23)24-9-13-14(19)6-12(22)7-15(13)20;1-13(2,3)21-12(20)19-11(17)18-6-8-9(14)4-7(16)5-10(8)15;1-15-12-9(6-10(13)14)7-2-4-8(11)5-3-7/h5-10H,11-12,27H2,1-4H3,(H2,28,29,30,32,33);2-7H,8-9,22H2,1H3,(H3,23,24,25,27);4-5H,6,16H2,1-3H3,(H3,17,18,19,20);2-5H,6H2,1H3,(H,13,14). The maximum absolute atomic E-state index is 13.3. The van der Waals surface area contributed by atoms with Gasteiger partial charge in [0, 0.05) is 80.6 Å². The summed E-state index contributed by atoms with van der Waals surface area (Å²) in [5, 5.41) is 31.5. The molecule has 0 radical (unpaired) electrons. The Bertz CT molecular complexity index is 3900. The zero-order valence-corrected chi connectivity index (χ0v) is 59.2. The average molecular weight is 1500 g/mol. The van der Waals surface area contributed by atoms with E-state index < -0.39 is 52.8 Å². The number of ether oxygens (including phenoxy) is 2. The van der Waals surface area contributed by atoms with Crippen molar-refractivity contribution in [2.45, 2.75) is 91.6 Å². The van der Waals surface area contributed by atoms with Crippen LogP contribution in [0, 0.1) is 17.5 Å². The third-order valence-electron chi connectivity index (χ3n) is 11.6. The SMILES string of the molecule is CC(C)(C)OC(=O)NC(N)=NCc1c(Cl)cc(N)cc1Cl.CON=C(CC(=O)NC(=NCc1c(Cl)cc(N)cc1Cl)NC(=O)OC(C)(C)C)c1ccc(F)cc1.CON=C(CC(=O)NC(N)=NCc1c(Cl)cc(N)cc1Cl)c1ccc(F)cc1.CON=C(CC(=O)O)c1ccc(F)cc1. The fourth-order valence-corrected chi connectivity index (χ4v) is 9.31. The van der Waals surface area contributed by atoms with E-state index in [1.165, 1.54) is 106 Å². The molecule has 15 N–H and O–H groups in total. The first-order valence-corrected chi connectivity index (χ1v) is 30.9. The molecule has 6 aromatic rings. The van der Waals surface area contributed by atoms with Crippen molar-refractivity contribution in [3.63, 3.8) is 0 Å². The molecule has 0 heterocycles. The Labute approximate surface area is 598 Å². The minimum atomic E-state index is -1.02. The molecule has 0 aliphatic rings. The highest BCUT2D eigenvalue weighted by Gasteiger charge is 2.22. The summed E-state index contributed by atoms with van der Waals surface area (Å²) in [4.78, 5) is 85.7. The van der Waals surface area contributed by atoms with E-state index in [1.807, 2.05) is 0 Å². The molecule has 26 nitrogen and oxygen atoms in total. The monoisotopic (exact) mass is 1490 g/mol. The number of rotatable bonds is 18. The van der Waals surface area contributed by atoms with Crippen LogP contribution in [-0.2, 0) is 58.0 Å². The van der Waals surface area contributed by atoms with Crippen molar-refractivity contribution in [3.8, 4) is 0 Å². The number of alkyl carbamates (subject to hydrolysis) is 2. The van der Waals surface area contributed by atoms with Crippen LogP contribution in [0.3, 0.4) is 0 Å². The van der Waals surface area contributed by atoms with Gasteiger partial charge in [0.2, 0.25) is 17.8 Å². The summed E-state index contributed by atoms with van der Waals surface area (Å²) in [7, 11) is 3.99. The molecule has 0 saturated carbocycles. The number of carboxylic acid groups (broad SMARTS) is 1. The van der Waals surface area contributed by atoms with Crippen LogP contribution in [0.2, 0.25) is 30.1 Å². The number of benzene rings is 6. The second kappa shape index (κ2) is 40.8. The number of carboxylic acids is 1. The number of nitrogens with zero attached hydrogens (tertiary/aromatic N) is 6. The van der Waals surface area contributed by atoms with Gasteiger partial charge in [-0.25, -0.2) is 37.7 Å². The Morgan fingerprint density at radius 2 is 0.707 bits per heavy atom. The van der Waals surface area contributed by atoms with E-state index in [4.69, 9.17) is 123 Å². The molecule has 0 aliphatic carbocycles. The fraction of sp³-hybridized carbons (Fsp3) is 0.266. The number of hydrogen-bond donors (Lipinski definition) is 10. The maximum Gasteiger partial charge on any atom is 0.414 e. The lowest BCUT2D eigenvalue weighted by molar-refractivity contribution is -0.135. The van der Waals surface area contributed by atoms with Gasteiger partial charge >= 0.3 is 18.2 Å². The average Bonchev–Trinajstić information content (AvgIpc) is 0.873. The number of nitrogens with two attached hydrogens (primary N) is 5. The van der Waals surface area contributed by atoms with Gasteiger partial charge in [0.1, 0.15) is 50.0 Å². The van der Waals surface area contributed by atoms with Gasteiger partial charge in [0.05, 0.1) is 56.0 Å². The van der Waals surface area contributed by atoms with Gasteiger partial charge in [0.25, 0.3) is 0 Å². The molecule has 6 aromatic carbocycles. The molecule has 0 fully saturated rings. The number of carbonyl (C=O) groups excluding carboxylic acids is 4. The normalized spacial score (nSPS) is 12.0. The molecular formula is C64H72Cl6F3N15O11. The number of halogens is 9. The summed E-state index contributed by atoms with van der Waals surface area (Å²) in [6.45, 7) is 10.4. The molecule has 0 atom stereocenters. The van der Waals surface area contributed by atoms with Crippen LogP contribution in [0.1, 0.15) is 94.2 Å². The second-order valence-electron chi connectivity index (χ2n) is 21.9. The van der Waals surface area contributed by atoms with Crippen molar-refractivity contribution in [1.82, 2.24) is 21.3 Å². The quantitative estimate of drug-likeness (QED) is 0.0165. The van der Waals surface area contributed by atoms with Gasteiger partial charge in [-0.05, 0) is 114 Å². The molecule has 6 rings (SSSR count). The Kier molecular flexibility index (Phi) is 34.4. The van der Waals surface area contributed by atoms with Crippen LogP contribution in [0.5, 0.6) is 0 Å². The first-order valence-electron chi connectivity index (χ1n) is 28.6. The number of anilines is 3. The first kappa shape index (κ1) is 83.4. The number of nitrogen functional groups attached to an aromatic ring is 3. The van der Waals surface area contributed by atoms with Crippen LogP contribution in [0.15, 0.2) is 140 Å². The van der Waals surface area contributed by atoms with Crippen molar-refractivity contribution in [2.24, 2.45) is 41.9 Å². The molecule has 0 aliphatic heterocycles. The van der Waals surface area contributed by atoms with Gasteiger partial charge < -0.3 is 57.8 Å². The summed E-state index contributed by atoms with van der Waals surface area (Å²) >= 11 is 36.6. The predicted molar refractivity (Wildman–Crippen MR) is 381 cm³/mol. The first-order chi connectivity index (χ1) is 46.4. The Morgan fingerprint density at radius 3 is 1.00 bits per heavy atom. The van der Waals surface area contributed by atoms with E-state index in [1.54, 1.807) is 65.8 Å². The van der Waals surface area contributed by atoms with Crippen LogP contribution >= 0.6 is 69.6 Å². The number of oxime groups is 3. The number of guanidine groups is 3. The molecule has 4 amide bonds. The van der Waals surface area contributed by atoms with E-state index in [0.717, 1.165) is 0 Å². The third-order valence-corrected chi connectivity index (χ3v) is 13.6. The van der Waals surface area contributed by atoms with E-state index in [9.17, 15) is 37.1 Å². The van der Waals surface area contributed by atoms with Gasteiger partial charge in [-0.2, -0.15) is 0 Å². The fourth-order valence-electron chi connectivity index (χ4n) is 7.43. The number of aliphatic imine (C=N–C) groups is 3. The molecule has 0 saturated heterocycles. The van der Waals surface area contributed by atoms with Crippen LogP contribution in [0.4, 0.5) is 39.8 Å². The van der Waals surface area contributed by atoms with E-state index in [-0.39, 0.29) is 84.1 Å². The Hall–Kier alpha value is -9.78.